The summed E-state index contributed by atoms with van der Waals surface area (Å²) in [5.74, 6) is -1.03. The molecule has 3 aliphatic carbocycles. The number of aromatic amines is 1. The average Bonchev–Trinajstić information content (AvgIpc) is 3.73. The largest absolute Gasteiger partial charge is 0.489 e. The summed E-state index contributed by atoms with van der Waals surface area (Å²) >= 11 is 0. The Morgan fingerprint density at radius 3 is 2.49 bits per heavy atom. The standard InChI is InChI=1S/C53H62FN7O9S/c1-4-68-50-46(27-38-40(54)28-55-48(38)57-50)70-44-24-33(59-22-20-53(21-23-59)30-60(31-53)42-11-7-9-36(42)35-8-5-6-10-39(35)51(2)18-19-51)12-13-37(44)49(62)58-71(66,67)34-25-43(61(64)65)47-45(26-34)69-29-41(56-47)32-14-16-52(3,63)17-15-32/h5-6,8,10,12-13,24-28,32,36,41-42,56,63H,4,7,9,11,14-23,29-31H2,1-3H3,(H,55,57)(H,58,62)/t32?,36-,41-,42-,52?/m1/s1. The first kappa shape index (κ1) is 47.4. The molecule has 376 valence electrons. The molecule has 5 aromatic rings. The molecule has 4 N–H and O–H groups in total. The number of ether oxygens (including phenoxy) is 3. The van der Waals surface area contributed by atoms with Gasteiger partial charge in [0.2, 0.25) is 0 Å². The van der Waals surface area contributed by atoms with Crippen molar-refractivity contribution in [2.75, 3.05) is 49.6 Å². The lowest BCUT2D eigenvalue weighted by molar-refractivity contribution is -0.384. The lowest BCUT2D eigenvalue weighted by Gasteiger charge is -2.57. The molecule has 3 saturated carbocycles. The van der Waals surface area contributed by atoms with Gasteiger partial charge in [0.15, 0.2) is 17.2 Å². The van der Waals surface area contributed by atoms with Gasteiger partial charge in [-0.25, -0.2) is 17.5 Å². The number of piperidine rings is 1. The molecule has 5 fully saturated rings. The molecule has 5 heterocycles. The second-order valence-electron chi connectivity index (χ2n) is 21.6. The number of nitro benzene ring substituents is 1. The second kappa shape index (κ2) is 17.9. The third kappa shape index (κ3) is 9.04. The van der Waals surface area contributed by atoms with Crippen molar-refractivity contribution >= 4 is 44.0 Å². The number of fused-ring (bicyclic) bond motifs is 2. The number of hydrogen-bond acceptors (Lipinski definition) is 13. The molecule has 2 saturated heterocycles. The number of likely N-dealkylation sites (tertiary alicyclic amines) is 1. The van der Waals surface area contributed by atoms with Crippen LogP contribution in [0.4, 0.5) is 21.5 Å². The van der Waals surface area contributed by atoms with Crippen molar-refractivity contribution in [1.29, 1.82) is 0 Å². The Balaban J connectivity index is 0.832. The van der Waals surface area contributed by atoms with Gasteiger partial charge in [0, 0.05) is 68.4 Å². The van der Waals surface area contributed by atoms with Crippen LogP contribution in [0, 0.1) is 27.3 Å². The number of nitro groups is 1. The van der Waals surface area contributed by atoms with Crippen LogP contribution in [0.5, 0.6) is 23.1 Å². The zero-order chi connectivity index (χ0) is 49.5. The maximum absolute atomic E-state index is 15.0. The number of benzene rings is 3. The van der Waals surface area contributed by atoms with Gasteiger partial charge < -0.3 is 34.5 Å². The van der Waals surface area contributed by atoms with E-state index in [2.05, 4.69) is 61.0 Å². The first-order valence-electron chi connectivity index (χ1n) is 25.2. The summed E-state index contributed by atoms with van der Waals surface area (Å²) in [5, 5.41) is 26.3. The summed E-state index contributed by atoms with van der Waals surface area (Å²) in [5.41, 5.74) is 3.20. The number of amides is 1. The van der Waals surface area contributed by atoms with E-state index in [0.29, 0.717) is 43.1 Å². The maximum atomic E-state index is 15.0. The highest BCUT2D eigenvalue weighted by atomic mass is 32.2. The minimum absolute atomic E-state index is 0.00464. The van der Waals surface area contributed by atoms with Crippen molar-refractivity contribution in [2.24, 2.45) is 11.3 Å². The van der Waals surface area contributed by atoms with E-state index in [0.717, 1.165) is 50.8 Å². The third-order valence-corrected chi connectivity index (χ3v) is 18.0. The predicted octanol–water partition coefficient (Wildman–Crippen LogP) is 9.32. The average molecular weight is 992 g/mol. The Morgan fingerprint density at radius 2 is 1.76 bits per heavy atom. The van der Waals surface area contributed by atoms with Crippen LogP contribution in [0.3, 0.4) is 0 Å². The molecule has 71 heavy (non-hydrogen) atoms. The van der Waals surface area contributed by atoms with E-state index >= 15 is 0 Å². The molecule has 18 heteroatoms. The molecule has 0 unspecified atom stereocenters. The number of rotatable bonds is 13. The second-order valence-corrected chi connectivity index (χ2v) is 23.3. The normalized spacial score (nSPS) is 25.7. The number of sulfonamides is 1. The first-order valence-corrected chi connectivity index (χ1v) is 26.7. The van der Waals surface area contributed by atoms with Crippen LogP contribution in [-0.2, 0) is 15.4 Å². The number of hydrogen-bond donors (Lipinski definition) is 4. The molecule has 0 bridgehead atoms. The fourth-order valence-electron chi connectivity index (χ4n) is 12.3. The number of anilines is 2. The van der Waals surface area contributed by atoms with E-state index < -0.39 is 42.9 Å². The Kier molecular flexibility index (Phi) is 12.0. The Bertz CT molecular complexity index is 3010. The SMILES string of the molecule is CCOc1nc2[nH]cc(F)c2cc1Oc1cc(N2CCC3(CC2)CN([C@@H]2CCC[C@@H]2c2ccccc2C2(C)CC2)C3)ccc1C(=O)NS(=O)(=O)c1cc2c(c([N+](=O)[O-])c1)N[C@@H](C1CCC(C)(O)CC1)CO2. The monoisotopic (exact) mass is 991 g/mol. The molecule has 6 aliphatic rings. The topological polar surface area (TPSA) is 201 Å². The van der Waals surface area contributed by atoms with Crippen LogP contribution >= 0.6 is 0 Å². The van der Waals surface area contributed by atoms with Crippen LogP contribution in [-0.4, -0.2) is 96.3 Å². The zero-order valence-corrected chi connectivity index (χ0v) is 41.3. The van der Waals surface area contributed by atoms with E-state index in [1.54, 1.807) is 37.1 Å². The van der Waals surface area contributed by atoms with Crippen molar-refractivity contribution in [3.05, 3.63) is 99.5 Å². The molecule has 11 rings (SSSR count). The fourth-order valence-corrected chi connectivity index (χ4v) is 13.3. The van der Waals surface area contributed by atoms with Gasteiger partial charge in [-0.15, -0.1) is 0 Å². The minimum atomic E-state index is -4.75. The van der Waals surface area contributed by atoms with Gasteiger partial charge in [0.1, 0.15) is 23.8 Å². The van der Waals surface area contributed by atoms with Gasteiger partial charge in [0.25, 0.3) is 27.5 Å². The number of carbonyl (C=O) groups excluding carboxylic acids is 1. The third-order valence-electron chi connectivity index (χ3n) is 16.7. The van der Waals surface area contributed by atoms with Crippen LogP contribution in [0.25, 0.3) is 11.0 Å². The highest BCUT2D eigenvalue weighted by molar-refractivity contribution is 7.90. The van der Waals surface area contributed by atoms with Gasteiger partial charge in [-0.3, -0.25) is 19.8 Å². The minimum Gasteiger partial charge on any atom is -0.489 e. The smallest absolute Gasteiger partial charge is 0.297 e. The van der Waals surface area contributed by atoms with Crippen LogP contribution in [0.1, 0.15) is 119 Å². The van der Waals surface area contributed by atoms with E-state index in [9.17, 15) is 32.8 Å². The van der Waals surface area contributed by atoms with E-state index in [1.807, 2.05) is 0 Å². The van der Waals surface area contributed by atoms with Crippen LogP contribution in [0.15, 0.2) is 71.8 Å². The molecule has 3 aromatic carbocycles. The highest BCUT2D eigenvalue weighted by Gasteiger charge is 2.51. The molecule has 3 aliphatic heterocycles. The van der Waals surface area contributed by atoms with Gasteiger partial charge in [-0.05, 0) is 124 Å². The molecular weight excluding hydrogens is 930 g/mol. The maximum Gasteiger partial charge on any atom is 0.297 e. The number of nitrogens with one attached hydrogen (secondary N) is 3. The van der Waals surface area contributed by atoms with E-state index in [1.165, 1.54) is 56.5 Å². The molecule has 3 atom stereocenters. The van der Waals surface area contributed by atoms with Crippen LogP contribution in [0.2, 0.25) is 0 Å². The van der Waals surface area contributed by atoms with Crippen molar-refractivity contribution in [3.63, 3.8) is 0 Å². The Labute approximate surface area is 412 Å². The summed E-state index contributed by atoms with van der Waals surface area (Å²) in [7, 11) is -4.75. The van der Waals surface area contributed by atoms with Gasteiger partial charge in [0.05, 0.1) is 39.0 Å². The number of halogens is 1. The van der Waals surface area contributed by atoms with Crippen molar-refractivity contribution in [3.8, 4) is 23.1 Å². The summed E-state index contributed by atoms with van der Waals surface area (Å²) < 4.78 is 63.5. The first-order chi connectivity index (χ1) is 34.0. The van der Waals surface area contributed by atoms with Crippen molar-refractivity contribution in [1.82, 2.24) is 19.6 Å². The zero-order valence-electron chi connectivity index (χ0n) is 40.5. The Hall–Kier alpha value is -5.98. The lowest BCUT2D eigenvalue weighted by atomic mass is 9.70. The van der Waals surface area contributed by atoms with Crippen molar-refractivity contribution < 1.29 is 41.8 Å². The summed E-state index contributed by atoms with van der Waals surface area (Å²) in [6.07, 6.45) is 11.9. The fraction of sp³-hybridized carbons (Fsp3) is 0.509. The van der Waals surface area contributed by atoms with E-state index in [-0.39, 0.29) is 76.0 Å². The number of carbonyl (C=O) groups is 1. The number of aliphatic hydroxyl groups is 1. The summed E-state index contributed by atoms with van der Waals surface area (Å²) in [6.45, 7) is 9.93. The number of nitrogens with zero attached hydrogens (tertiary/aromatic N) is 4. The summed E-state index contributed by atoms with van der Waals surface area (Å²) in [6, 6.07) is 17.8. The van der Waals surface area contributed by atoms with Crippen molar-refractivity contribution in [2.45, 2.75) is 125 Å². The molecule has 0 radical (unpaired) electrons. The van der Waals surface area contributed by atoms with Gasteiger partial charge in [-0.2, -0.15) is 4.98 Å². The number of aromatic nitrogens is 2. The molecular formula is C53H62FN7O9S. The molecule has 1 spiro atoms. The number of pyridine rings is 1. The molecule has 16 nitrogen and oxygen atoms in total. The molecule has 2 aromatic heterocycles. The van der Waals surface area contributed by atoms with Crippen LogP contribution < -0.4 is 29.1 Å². The van der Waals surface area contributed by atoms with E-state index in [4.69, 9.17) is 14.2 Å². The quantitative estimate of drug-likeness (QED) is 0.0643. The Morgan fingerprint density at radius 1 is 1.00 bits per heavy atom. The van der Waals surface area contributed by atoms with Gasteiger partial charge >= 0.3 is 0 Å². The molecule has 1 amide bonds. The highest BCUT2D eigenvalue weighted by Crippen LogP contribution is 2.54. The summed E-state index contributed by atoms with van der Waals surface area (Å²) in [4.78, 5) is 37.7. The number of H-pyrrole nitrogens is 1. The predicted molar refractivity (Wildman–Crippen MR) is 266 cm³/mol. The van der Waals surface area contributed by atoms with Gasteiger partial charge in [-0.1, -0.05) is 37.6 Å². The lowest BCUT2D eigenvalue weighted by Crippen LogP contribution is -2.63.